The van der Waals surface area contributed by atoms with Gasteiger partial charge in [-0.1, -0.05) is 0 Å². The molecule has 1 saturated heterocycles. The molecule has 1 fully saturated rings. The van der Waals surface area contributed by atoms with Crippen molar-refractivity contribution < 1.29 is 19.4 Å². The molecule has 0 saturated carbocycles. The lowest BCUT2D eigenvalue weighted by molar-refractivity contribution is -0.143. The van der Waals surface area contributed by atoms with Gasteiger partial charge in [-0.15, -0.1) is 0 Å². The fourth-order valence-electron chi connectivity index (χ4n) is 1.86. The van der Waals surface area contributed by atoms with Gasteiger partial charge in [-0.05, 0) is 13.8 Å². The molecule has 0 aliphatic carbocycles. The first-order valence-corrected chi connectivity index (χ1v) is 6.21. The van der Waals surface area contributed by atoms with E-state index in [4.69, 9.17) is 9.84 Å². The fourth-order valence-corrected chi connectivity index (χ4v) is 1.86. The third-order valence-electron chi connectivity index (χ3n) is 3.27. The second-order valence-electron chi connectivity index (χ2n) is 4.90. The van der Waals surface area contributed by atoms with Crippen LogP contribution < -0.4 is 0 Å². The molecule has 1 heterocycles. The quantitative estimate of drug-likeness (QED) is 0.753. The number of aliphatic carboxylic acids is 1. The van der Waals surface area contributed by atoms with Crippen LogP contribution in [-0.4, -0.2) is 72.2 Å². The van der Waals surface area contributed by atoms with Crippen LogP contribution in [0.25, 0.3) is 0 Å². The van der Waals surface area contributed by atoms with Crippen LogP contribution in [0.4, 0.5) is 0 Å². The van der Waals surface area contributed by atoms with Gasteiger partial charge in [-0.2, -0.15) is 0 Å². The Bertz CT molecular complexity index is 306. The lowest BCUT2D eigenvalue weighted by Crippen LogP contribution is -2.51. The Balaban J connectivity index is 2.56. The van der Waals surface area contributed by atoms with Crippen molar-refractivity contribution in [2.45, 2.75) is 32.4 Å². The van der Waals surface area contributed by atoms with Crippen LogP contribution in [0.5, 0.6) is 0 Å². The summed E-state index contributed by atoms with van der Waals surface area (Å²) in [4.78, 5) is 26.3. The van der Waals surface area contributed by atoms with Crippen molar-refractivity contribution in [2.24, 2.45) is 0 Å². The first-order chi connectivity index (χ1) is 8.41. The molecule has 1 N–H and O–H groups in total. The molecule has 1 rings (SSSR count). The summed E-state index contributed by atoms with van der Waals surface area (Å²) in [5.41, 5.74) is 0. The first-order valence-electron chi connectivity index (χ1n) is 6.21. The van der Waals surface area contributed by atoms with Crippen LogP contribution in [0, 0.1) is 0 Å². The van der Waals surface area contributed by atoms with Gasteiger partial charge in [0, 0.05) is 25.7 Å². The molecule has 1 unspecified atom stereocenters. The van der Waals surface area contributed by atoms with Gasteiger partial charge in [-0.3, -0.25) is 14.5 Å². The molecular formula is C12H22N2O4. The monoisotopic (exact) mass is 258 g/mol. The molecule has 0 aromatic rings. The van der Waals surface area contributed by atoms with Crippen molar-refractivity contribution in [3.05, 3.63) is 0 Å². The average Bonchev–Trinajstić information content (AvgIpc) is 2.29. The number of ether oxygens (including phenoxy) is 1. The van der Waals surface area contributed by atoms with E-state index >= 15 is 0 Å². The van der Waals surface area contributed by atoms with Gasteiger partial charge in [0.15, 0.2) is 0 Å². The van der Waals surface area contributed by atoms with Crippen LogP contribution in [0.3, 0.4) is 0 Å². The van der Waals surface area contributed by atoms with Crippen LogP contribution in [0.1, 0.15) is 20.3 Å². The van der Waals surface area contributed by atoms with E-state index < -0.39 is 5.97 Å². The van der Waals surface area contributed by atoms with Crippen molar-refractivity contribution in [1.29, 1.82) is 0 Å². The average molecular weight is 258 g/mol. The summed E-state index contributed by atoms with van der Waals surface area (Å²) in [6, 6.07) is -0.0581. The van der Waals surface area contributed by atoms with E-state index in [9.17, 15) is 9.59 Å². The molecule has 1 aliphatic rings. The van der Waals surface area contributed by atoms with Gasteiger partial charge in [0.05, 0.1) is 26.2 Å². The Morgan fingerprint density at radius 1 is 1.50 bits per heavy atom. The van der Waals surface area contributed by atoms with E-state index in [1.54, 1.807) is 11.9 Å². The lowest BCUT2D eigenvalue weighted by Gasteiger charge is -2.35. The predicted molar refractivity (Wildman–Crippen MR) is 66.3 cm³/mol. The van der Waals surface area contributed by atoms with Crippen molar-refractivity contribution >= 4 is 11.9 Å². The van der Waals surface area contributed by atoms with Gasteiger partial charge >= 0.3 is 5.97 Å². The largest absolute Gasteiger partial charge is 0.481 e. The normalized spacial score (nSPS) is 21.0. The molecule has 6 heteroatoms. The highest BCUT2D eigenvalue weighted by Gasteiger charge is 2.28. The van der Waals surface area contributed by atoms with Crippen LogP contribution in [0.2, 0.25) is 0 Å². The van der Waals surface area contributed by atoms with E-state index in [1.165, 1.54) is 0 Å². The van der Waals surface area contributed by atoms with E-state index in [0.29, 0.717) is 19.8 Å². The molecule has 104 valence electrons. The minimum atomic E-state index is -0.861. The minimum Gasteiger partial charge on any atom is -0.481 e. The zero-order chi connectivity index (χ0) is 13.7. The molecule has 1 atom stereocenters. The number of rotatable bonds is 5. The Hall–Kier alpha value is -1.14. The summed E-state index contributed by atoms with van der Waals surface area (Å²) in [7, 11) is 1.76. The predicted octanol–water partition coefficient (Wildman–Crippen LogP) is 0.0287. The second-order valence-corrected chi connectivity index (χ2v) is 4.90. The highest BCUT2D eigenvalue weighted by atomic mass is 16.5. The van der Waals surface area contributed by atoms with Crippen LogP contribution in [-0.2, 0) is 14.3 Å². The molecule has 18 heavy (non-hydrogen) atoms. The van der Waals surface area contributed by atoms with Crippen LogP contribution >= 0.6 is 0 Å². The van der Waals surface area contributed by atoms with E-state index in [0.717, 1.165) is 0 Å². The number of likely N-dealkylation sites (N-methyl/N-ethyl adjacent to an activating group) is 1. The van der Waals surface area contributed by atoms with Gasteiger partial charge in [0.25, 0.3) is 0 Å². The Kier molecular flexibility index (Phi) is 5.55. The summed E-state index contributed by atoms with van der Waals surface area (Å²) in [6.07, 6.45) is 0.0126. The maximum atomic E-state index is 12.0. The van der Waals surface area contributed by atoms with Crippen molar-refractivity contribution in [3.8, 4) is 0 Å². The number of amides is 1. The summed E-state index contributed by atoms with van der Waals surface area (Å²) < 4.78 is 5.27. The van der Waals surface area contributed by atoms with Gasteiger partial charge < -0.3 is 14.7 Å². The number of hydrogen-bond acceptors (Lipinski definition) is 4. The lowest BCUT2D eigenvalue weighted by atomic mass is 10.1. The smallest absolute Gasteiger partial charge is 0.305 e. The number of nitrogens with zero attached hydrogens (tertiary/aromatic N) is 2. The number of carbonyl (C=O) groups is 2. The number of carboxylic acid groups (broad SMARTS) is 1. The molecule has 1 aliphatic heterocycles. The molecule has 0 radical (unpaired) electrons. The highest BCUT2D eigenvalue weighted by Crippen LogP contribution is 2.11. The summed E-state index contributed by atoms with van der Waals surface area (Å²) in [5.74, 6) is -0.845. The van der Waals surface area contributed by atoms with Gasteiger partial charge in [0.2, 0.25) is 5.91 Å². The van der Waals surface area contributed by atoms with Crippen molar-refractivity contribution in [3.63, 3.8) is 0 Å². The van der Waals surface area contributed by atoms with Crippen LogP contribution in [0.15, 0.2) is 0 Å². The highest BCUT2D eigenvalue weighted by molar-refractivity contribution is 5.78. The van der Waals surface area contributed by atoms with E-state index in [-0.39, 0.29) is 31.0 Å². The Morgan fingerprint density at radius 2 is 2.17 bits per heavy atom. The Morgan fingerprint density at radius 3 is 2.72 bits per heavy atom. The summed E-state index contributed by atoms with van der Waals surface area (Å²) in [5, 5.41) is 8.84. The zero-order valence-corrected chi connectivity index (χ0v) is 11.3. The number of carboxylic acids is 1. The third kappa shape index (κ3) is 4.27. The molecule has 0 aromatic heterocycles. The van der Waals surface area contributed by atoms with E-state index in [1.807, 2.05) is 18.7 Å². The van der Waals surface area contributed by atoms with Gasteiger partial charge in [-0.25, -0.2) is 0 Å². The fraction of sp³-hybridized carbons (Fsp3) is 0.833. The van der Waals surface area contributed by atoms with Crippen molar-refractivity contribution in [2.75, 3.05) is 33.4 Å². The molecule has 0 spiro atoms. The number of morpholine rings is 1. The summed E-state index contributed by atoms with van der Waals surface area (Å²) in [6.45, 7) is 5.70. The molecule has 0 aromatic carbocycles. The van der Waals surface area contributed by atoms with Gasteiger partial charge in [0.1, 0.15) is 0 Å². The van der Waals surface area contributed by atoms with Crippen molar-refractivity contribution in [1.82, 2.24) is 9.80 Å². The minimum absolute atomic E-state index is 0.0126. The van der Waals surface area contributed by atoms with E-state index in [2.05, 4.69) is 0 Å². The first kappa shape index (κ1) is 14.9. The third-order valence-corrected chi connectivity index (χ3v) is 3.27. The summed E-state index contributed by atoms with van der Waals surface area (Å²) >= 11 is 0. The molecule has 0 bridgehead atoms. The number of carbonyl (C=O) groups excluding carboxylic acids is 1. The topological polar surface area (TPSA) is 70.1 Å². The number of hydrogen-bond donors (Lipinski definition) is 1. The Labute approximate surface area is 107 Å². The standard InChI is InChI=1S/C12H22N2O4/c1-9(2)13(3)11(15)7-14-4-5-18-8-10(14)6-12(16)17/h9-10H,4-8H2,1-3H3,(H,16,17). The molecule has 6 nitrogen and oxygen atoms in total. The SMILES string of the molecule is CC(C)N(C)C(=O)CN1CCOCC1CC(=O)O. The molecular weight excluding hydrogens is 236 g/mol. The maximum absolute atomic E-state index is 12.0. The molecule has 1 amide bonds. The maximum Gasteiger partial charge on any atom is 0.305 e. The zero-order valence-electron chi connectivity index (χ0n) is 11.3. The second kappa shape index (κ2) is 6.70.